The first-order valence-corrected chi connectivity index (χ1v) is 10.00. The first-order chi connectivity index (χ1) is 15.1. The van der Waals surface area contributed by atoms with E-state index in [1.807, 2.05) is 30.3 Å². The number of benzene rings is 4. The van der Waals surface area contributed by atoms with Gasteiger partial charge in [-0.2, -0.15) is 0 Å². The number of hydrogen-bond donors (Lipinski definition) is 2. The number of anilines is 1. The third-order valence-electron chi connectivity index (χ3n) is 5.71. The molecule has 152 valence electrons. The first kappa shape index (κ1) is 18.9. The summed E-state index contributed by atoms with van der Waals surface area (Å²) in [5, 5.41) is 13.5. The Kier molecular flexibility index (Phi) is 4.64. The van der Waals surface area contributed by atoms with Crippen LogP contribution < -0.4 is 5.32 Å². The smallest absolute Gasteiger partial charge is 0.411 e. The average Bonchev–Trinajstić information content (AvgIpc) is 3.11. The van der Waals surface area contributed by atoms with Crippen LogP contribution in [0, 0.1) is 0 Å². The predicted molar refractivity (Wildman–Crippen MR) is 120 cm³/mol. The normalized spacial score (nSPS) is 12.3. The molecule has 0 aliphatic heterocycles. The maximum absolute atomic E-state index is 12.6. The zero-order valence-electron chi connectivity index (χ0n) is 16.5. The van der Waals surface area contributed by atoms with E-state index < -0.39 is 12.1 Å². The van der Waals surface area contributed by atoms with Gasteiger partial charge in [0.1, 0.15) is 6.61 Å². The van der Waals surface area contributed by atoms with Crippen molar-refractivity contribution in [1.29, 1.82) is 0 Å². The van der Waals surface area contributed by atoms with Gasteiger partial charge in [0.25, 0.3) is 0 Å². The molecule has 0 saturated carbocycles. The molecule has 0 bridgehead atoms. The monoisotopic (exact) mass is 409 g/mol. The Morgan fingerprint density at radius 2 is 1.52 bits per heavy atom. The SMILES string of the molecule is O=C(Nc1cccc2cc(C(=O)O)ccc12)OCC1c2ccccc2-c2ccccc21. The highest BCUT2D eigenvalue weighted by molar-refractivity contribution is 6.02. The predicted octanol–water partition coefficient (Wildman–Crippen LogP) is 5.90. The molecular weight excluding hydrogens is 390 g/mol. The van der Waals surface area contributed by atoms with Gasteiger partial charge >= 0.3 is 12.1 Å². The molecule has 1 aliphatic carbocycles. The standard InChI is InChI=1S/C26H19NO4/c28-25(29)17-12-13-18-16(14-17)6-5-11-24(18)27-26(30)31-15-23-21-9-3-1-7-19(21)20-8-2-4-10-22(20)23/h1-14,23H,15H2,(H,27,30)(H,28,29). The van der Waals surface area contributed by atoms with Crippen LogP contribution in [0.15, 0.2) is 84.9 Å². The summed E-state index contributed by atoms with van der Waals surface area (Å²) >= 11 is 0. The second-order valence-electron chi connectivity index (χ2n) is 7.50. The Labute approximate surface area is 178 Å². The van der Waals surface area contributed by atoms with Crippen molar-refractivity contribution >= 4 is 28.5 Å². The number of nitrogens with one attached hydrogen (secondary N) is 1. The molecule has 0 unspecified atom stereocenters. The van der Waals surface area contributed by atoms with E-state index in [0.717, 1.165) is 21.9 Å². The quantitative estimate of drug-likeness (QED) is 0.440. The van der Waals surface area contributed by atoms with Crippen molar-refractivity contribution in [1.82, 2.24) is 0 Å². The van der Waals surface area contributed by atoms with Crippen molar-refractivity contribution in [3.8, 4) is 11.1 Å². The molecule has 0 spiro atoms. The van der Waals surface area contributed by atoms with E-state index in [1.165, 1.54) is 17.2 Å². The first-order valence-electron chi connectivity index (χ1n) is 10.00. The van der Waals surface area contributed by atoms with Crippen LogP contribution in [0.4, 0.5) is 10.5 Å². The molecule has 0 aromatic heterocycles. The molecule has 1 amide bonds. The molecule has 0 radical (unpaired) electrons. The number of carbonyl (C=O) groups is 2. The van der Waals surface area contributed by atoms with Gasteiger partial charge in [-0.15, -0.1) is 0 Å². The third kappa shape index (κ3) is 3.40. The van der Waals surface area contributed by atoms with Crippen LogP contribution >= 0.6 is 0 Å². The number of hydrogen-bond acceptors (Lipinski definition) is 3. The van der Waals surface area contributed by atoms with Gasteiger partial charge in [-0.25, -0.2) is 9.59 Å². The van der Waals surface area contributed by atoms with Crippen molar-refractivity contribution in [3.63, 3.8) is 0 Å². The van der Waals surface area contributed by atoms with Crippen LogP contribution in [0.2, 0.25) is 0 Å². The minimum atomic E-state index is -0.989. The molecule has 0 atom stereocenters. The summed E-state index contributed by atoms with van der Waals surface area (Å²) < 4.78 is 5.61. The average molecular weight is 409 g/mol. The van der Waals surface area contributed by atoms with Crippen molar-refractivity contribution in [3.05, 3.63) is 102 Å². The Balaban J connectivity index is 1.35. The zero-order valence-corrected chi connectivity index (χ0v) is 16.5. The van der Waals surface area contributed by atoms with E-state index in [0.29, 0.717) is 5.69 Å². The largest absolute Gasteiger partial charge is 0.478 e. The lowest BCUT2D eigenvalue weighted by Gasteiger charge is -2.15. The van der Waals surface area contributed by atoms with Crippen molar-refractivity contribution in [2.45, 2.75) is 5.92 Å². The summed E-state index contributed by atoms with van der Waals surface area (Å²) in [5.41, 5.74) is 5.44. The molecule has 5 heteroatoms. The van der Waals surface area contributed by atoms with Crippen molar-refractivity contribution < 1.29 is 19.4 Å². The number of carboxylic acid groups (broad SMARTS) is 1. The molecule has 2 N–H and O–H groups in total. The minimum Gasteiger partial charge on any atom is -0.478 e. The van der Waals surface area contributed by atoms with E-state index in [-0.39, 0.29) is 18.1 Å². The second-order valence-corrected chi connectivity index (χ2v) is 7.50. The molecule has 1 aliphatic rings. The van der Waals surface area contributed by atoms with E-state index in [2.05, 4.69) is 29.6 Å². The molecule has 0 heterocycles. The van der Waals surface area contributed by atoms with E-state index in [9.17, 15) is 14.7 Å². The van der Waals surface area contributed by atoms with E-state index in [1.54, 1.807) is 24.3 Å². The van der Waals surface area contributed by atoms with Crippen LogP contribution in [-0.2, 0) is 4.74 Å². The highest BCUT2D eigenvalue weighted by Gasteiger charge is 2.29. The minimum absolute atomic E-state index is 0.0104. The summed E-state index contributed by atoms with van der Waals surface area (Å²) in [6.45, 7) is 0.230. The van der Waals surface area contributed by atoms with Gasteiger partial charge in [0.15, 0.2) is 0 Å². The lowest BCUT2D eigenvalue weighted by Crippen LogP contribution is -2.18. The van der Waals surface area contributed by atoms with Gasteiger partial charge in [-0.05, 0) is 45.8 Å². The number of carboxylic acids is 1. The Morgan fingerprint density at radius 3 is 2.19 bits per heavy atom. The van der Waals surface area contributed by atoms with Gasteiger partial charge < -0.3 is 9.84 Å². The van der Waals surface area contributed by atoms with Crippen LogP contribution in [0.3, 0.4) is 0 Å². The van der Waals surface area contributed by atoms with Gasteiger partial charge in [0.2, 0.25) is 0 Å². The highest BCUT2D eigenvalue weighted by Crippen LogP contribution is 2.44. The fourth-order valence-corrected chi connectivity index (χ4v) is 4.27. The number of aromatic carboxylic acids is 1. The molecule has 5 nitrogen and oxygen atoms in total. The summed E-state index contributed by atoms with van der Waals surface area (Å²) in [4.78, 5) is 23.8. The second kappa shape index (κ2) is 7.61. The molecule has 0 saturated heterocycles. The van der Waals surface area contributed by atoms with Crippen LogP contribution in [0.25, 0.3) is 21.9 Å². The van der Waals surface area contributed by atoms with Crippen molar-refractivity contribution in [2.75, 3.05) is 11.9 Å². The van der Waals surface area contributed by atoms with Crippen LogP contribution in [0.1, 0.15) is 27.4 Å². The maximum Gasteiger partial charge on any atom is 0.411 e. The number of amides is 1. The molecule has 0 fully saturated rings. The Morgan fingerprint density at radius 1 is 0.839 bits per heavy atom. The molecule has 4 aromatic rings. The summed E-state index contributed by atoms with van der Waals surface area (Å²) in [6.07, 6.45) is -0.545. The molecule has 31 heavy (non-hydrogen) atoms. The summed E-state index contributed by atoms with van der Waals surface area (Å²) in [6, 6.07) is 26.5. The number of fused-ring (bicyclic) bond motifs is 4. The van der Waals surface area contributed by atoms with Crippen molar-refractivity contribution in [2.24, 2.45) is 0 Å². The number of rotatable bonds is 4. The van der Waals surface area contributed by atoms with Gasteiger partial charge in [0.05, 0.1) is 11.3 Å². The zero-order chi connectivity index (χ0) is 21.4. The molecular formula is C26H19NO4. The fourth-order valence-electron chi connectivity index (χ4n) is 4.27. The topological polar surface area (TPSA) is 75.6 Å². The number of ether oxygens (including phenoxy) is 1. The fraction of sp³-hybridized carbons (Fsp3) is 0.0769. The Bertz CT molecular complexity index is 1280. The van der Waals surface area contributed by atoms with Crippen LogP contribution in [-0.4, -0.2) is 23.8 Å². The lowest BCUT2D eigenvalue weighted by molar-refractivity contribution is 0.0697. The van der Waals surface area contributed by atoms with E-state index >= 15 is 0 Å². The maximum atomic E-state index is 12.6. The van der Waals surface area contributed by atoms with Crippen LogP contribution in [0.5, 0.6) is 0 Å². The van der Waals surface area contributed by atoms with Gasteiger partial charge in [-0.1, -0.05) is 66.7 Å². The number of carbonyl (C=O) groups excluding carboxylic acids is 1. The summed E-state index contributed by atoms with van der Waals surface area (Å²) in [5.74, 6) is -0.999. The third-order valence-corrected chi connectivity index (χ3v) is 5.71. The van der Waals surface area contributed by atoms with Gasteiger partial charge in [-0.3, -0.25) is 5.32 Å². The molecule has 4 aromatic carbocycles. The lowest BCUT2D eigenvalue weighted by atomic mass is 9.98. The Hall–Kier alpha value is -4.12. The molecule has 5 rings (SSSR count). The van der Waals surface area contributed by atoms with Gasteiger partial charge in [0, 0.05) is 11.3 Å². The van der Waals surface area contributed by atoms with E-state index in [4.69, 9.17) is 4.74 Å². The summed E-state index contributed by atoms with van der Waals surface area (Å²) in [7, 11) is 0. The highest BCUT2D eigenvalue weighted by atomic mass is 16.5.